The van der Waals surface area contributed by atoms with E-state index in [-0.39, 0.29) is 18.5 Å². The van der Waals surface area contributed by atoms with Crippen LogP contribution < -0.4 is 15.0 Å². The van der Waals surface area contributed by atoms with Gasteiger partial charge in [0.05, 0.1) is 12.8 Å². The Bertz CT molecular complexity index is 797. The third-order valence-corrected chi connectivity index (χ3v) is 4.15. The highest BCUT2D eigenvalue weighted by Gasteiger charge is 2.32. The molecule has 1 heterocycles. The van der Waals surface area contributed by atoms with Crippen LogP contribution in [0.1, 0.15) is 0 Å². The molecule has 1 saturated heterocycles. The fraction of sp³-hybridized carbons (Fsp3) is 0.222. The number of nitrogens with zero attached hydrogens (tertiary/aromatic N) is 2. The van der Waals surface area contributed by atoms with Gasteiger partial charge in [0.2, 0.25) is 5.91 Å². The van der Waals surface area contributed by atoms with Crippen LogP contribution in [0, 0.1) is 0 Å². The van der Waals surface area contributed by atoms with Gasteiger partial charge in [0.25, 0.3) is 0 Å². The lowest BCUT2D eigenvalue weighted by atomic mass is 10.2. The van der Waals surface area contributed by atoms with Crippen LogP contribution in [0.5, 0.6) is 5.75 Å². The summed E-state index contributed by atoms with van der Waals surface area (Å²) in [5.41, 5.74) is 1.30. The van der Waals surface area contributed by atoms with E-state index in [9.17, 15) is 9.59 Å². The Morgan fingerprint density at radius 1 is 1.20 bits per heavy atom. The van der Waals surface area contributed by atoms with Gasteiger partial charge < -0.3 is 15.0 Å². The van der Waals surface area contributed by atoms with Crippen LogP contribution in [0.2, 0.25) is 5.02 Å². The topological polar surface area (TPSA) is 61.9 Å². The summed E-state index contributed by atoms with van der Waals surface area (Å²) >= 11 is 5.90. The first kappa shape index (κ1) is 17.1. The molecule has 0 atom stereocenters. The monoisotopic (exact) mass is 359 g/mol. The molecule has 0 saturated carbocycles. The number of carbonyl (C=O) groups is 2. The highest BCUT2D eigenvalue weighted by Crippen LogP contribution is 2.30. The smallest absolute Gasteiger partial charge is 0.325 e. The van der Waals surface area contributed by atoms with E-state index in [1.165, 1.54) is 4.90 Å². The SMILES string of the molecule is COc1ccccc1N1CCN(CC(=O)Nc2cccc(Cl)c2)C1=O. The zero-order chi connectivity index (χ0) is 17.8. The van der Waals surface area contributed by atoms with Crippen molar-refractivity contribution in [3.8, 4) is 5.75 Å². The highest BCUT2D eigenvalue weighted by atomic mass is 35.5. The zero-order valence-corrected chi connectivity index (χ0v) is 14.5. The molecule has 1 aliphatic heterocycles. The van der Waals surface area contributed by atoms with E-state index in [1.807, 2.05) is 18.2 Å². The van der Waals surface area contributed by atoms with Crippen molar-refractivity contribution in [2.45, 2.75) is 0 Å². The second-order valence-electron chi connectivity index (χ2n) is 5.59. The van der Waals surface area contributed by atoms with E-state index in [4.69, 9.17) is 16.3 Å². The van der Waals surface area contributed by atoms with E-state index in [0.29, 0.717) is 35.2 Å². The van der Waals surface area contributed by atoms with Gasteiger partial charge in [-0.15, -0.1) is 0 Å². The molecule has 3 amide bonds. The molecule has 3 rings (SSSR count). The lowest BCUT2D eigenvalue weighted by molar-refractivity contribution is -0.116. The van der Waals surface area contributed by atoms with Crippen molar-refractivity contribution >= 4 is 34.9 Å². The van der Waals surface area contributed by atoms with Crippen molar-refractivity contribution < 1.29 is 14.3 Å². The second-order valence-corrected chi connectivity index (χ2v) is 6.02. The van der Waals surface area contributed by atoms with Crippen LogP contribution in [0.3, 0.4) is 0 Å². The molecule has 6 nitrogen and oxygen atoms in total. The van der Waals surface area contributed by atoms with Gasteiger partial charge in [-0.1, -0.05) is 29.8 Å². The number of urea groups is 1. The molecule has 0 aromatic heterocycles. The molecular formula is C18H18ClN3O3. The van der Waals surface area contributed by atoms with Crippen molar-refractivity contribution in [3.05, 3.63) is 53.6 Å². The number of ether oxygens (including phenoxy) is 1. The summed E-state index contributed by atoms with van der Waals surface area (Å²) in [7, 11) is 1.57. The Labute approximate surface area is 150 Å². The van der Waals surface area contributed by atoms with Crippen LogP contribution in [0.25, 0.3) is 0 Å². The van der Waals surface area contributed by atoms with Crippen molar-refractivity contribution in [2.24, 2.45) is 0 Å². The number of nitrogens with one attached hydrogen (secondary N) is 1. The number of methoxy groups -OCH3 is 1. The molecule has 2 aromatic carbocycles. The Morgan fingerprint density at radius 2 is 2.00 bits per heavy atom. The summed E-state index contributed by atoms with van der Waals surface area (Å²) in [5, 5.41) is 3.29. The minimum Gasteiger partial charge on any atom is -0.495 e. The van der Waals surface area contributed by atoms with Gasteiger partial charge in [-0.25, -0.2) is 4.79 Å². The Kier molecular flexibility index (Phi) is 5.09. The maximum atomic E-state index is 12.6. The predicted octanol–water partition coefficient (Wildman–Crippen LogP) is 3.23. The van der Waals surface area contributed by atoms with Crippen LogP contribution >= 0.6 is 11.6 Å². The molecule has 0 bridgehead atoms. The highest BCUT2D eigenvalue weighted by molar-refractivity contribution is 6.30. The fourth-order valence-corrected chi connectivity index (χ4v) is 2.94. The molecule has 0 aliphatic carbocycles. The molecule has 130 valence electrons. The van der Waals surface area contributed by atoms with E-state index >= 15 is 0 Å². The first-order chi connectivity index (χ1) is 12.1. The minimum absolute atomic E-state index is 0.0169. The van der Waals surface area contributed by atoms with Gasteiger partial charge in [-0.3, -0.25) is 9.69 Å². The summed E-state index contributed by atoms with van der Waals surface area (Å²) in [4.78, 5) is 27.9. The quantitative estimate of drug-likeness (QED) is 0.891. The average molecular weight is 360 g/mol. The zero-order valence-electron chi connectivity index (χ0n) is 13.7. The van der Waals surface area contributed by atoms with E-state index in [2.05, 4.69) is 5.32 Å². The first-order valence-corrected chi connectivity index (χ1v) is 8.21. The van der Waals surface area contributed by atoms with Gasteiger partial charge >= 0.3 is 6.03 Å². The molecule has 0 unspecified atom stereocenters. The Hall–Kier alpha value is -2.73. The standard InChI is InChI=1S/C18H18ClN3O3/c1-25-16-8-3-2-7-15(16)22-10-9-21(18(22)24)12-17(23)20-14-6-4-5-13(19)11-14/h2-8,11H,9-10,12H2,1H3,(H,20,23). The van der Waals surface area contributed by atoms with Crippen molar-refractivity contribution in [1.29, 1.82) is 0 Å². The molecule has 7 heteroatoms. The predicted molar refractivity (Wildman–Crippen MR) is 97.4 cm³/mol. The largest absolute Gasteiger partial charge is 0.495 e. The minimum atomic E-state index is -0.266. The number of halogens is 1. The first-order valence-electron chi connectivity index (χ1n) is 7.83. The van der Waals surface area contributed by atoms with Crippen molar-refractivity contribution in [2.75, 3.05) is 37.0 Å². The van der Waals surface area contributed by atoms with Gasteiger partial charge in [0.1, 0.15) is 12.3 Å². The number of para-hydroxylation sites is 2. The van der Waals surface area contributed by atoms with Crippen molar-refractivity contribution in [3.63, 3.8) is 0 Å². The van der Waals surface area contributed by atoms with Crippen LogP contribution in [0.15, 0.2) is 48.5 Å². The van der Waals surface area contributed by atoms with Gasteiger partial charge in [-0.05, 0) is 30.3 Å². The fourth-order valence-electron chi connectivity index (χ4n) is 2.75. The van der Waals surface area contributed by atoms with Crippen LogP contribution in [-0.2, 0) is 4.79 Å². The van der Waals surface area contributed by atoms with E-state index < -0.39 is 0 Å². The third kappa shape index (κ3) is 3.85. The van der Waals surface area contributed by atoms with Crippen molar-refractivity contribution in [1.82, 2.24) is 4.90 Å². The van der Waals surface area contributed by atoms with Gasteiger partial charge in [0.15, 0.2) is 0 Å². The number of hydrogen-bond acceptors (Lipinski definition) is 3. The lowest BCUT2D eigenvalue weighted by Gasteiger charge is -2.20. The summed E-state index contributed by atoms with van der Waals surface area (Å²) < 4.78 is 5.31. The number of benzene rings is 2. The lowest BCUT2D eigenvalue weighted by Crippen LogP contribution is -2.37. The molecule has 25 heavy (non-hydrogen) atoms. The molecular weight excluding hydrogens is 342 g/mol. The third-order valence-electron chi connectivity index (χ3n) is 3.91. The maximum absolute atomic E-state index is 12.6. The normalized spacial score (nSPS) is 13.9. The Balaban J connectivity index is 1.65. The summed E-state index contributed by atoms with van der Waals surface area (Å²) in [6.07, 6.45) is 0. The van der Waals surface area contributed by atoms with E-state index in [0.717, 1.165) is 0 Å². The number of rotatable bonds is 5. The summed E-state index contributed by atoms with van der Waals surface area (Å²) in [6, 6.07) is 14.0. The van der Waals surface area contributed by atoms with E-state index in [1.54, 1.807) is 42.3 Å². The summed E-state index contributed by atoms with van der Waals surface area (Å²) in [5.74, 6) is 0.360. The van der Waals surface area contributed by atoms with Gasteiger partial charge in [0, 0.05) is 23.8 Å². The molecule has 1 fully saturated rings. The molecule has 2 aromatic rings. The number of anilines is 2. The number of hydrogen-bond donors (Lipinski definition) is 1. The van der Waals surface area contributed by atoms with Crippen LogP contribution in [-0.4, -0.2) is 43.6 Å². The number of amides is 3. The molecule has 1 N–H and O–H groups in total. The Morgan fingerprint density at radius 3 is 2.76 bits per heavy atom. The maximum Gasteiger partial charge on any atom is 0.325 e. The molecule has 0 radical (unpaired) electrons. The molecule has 1 aliphatic rings. The average Bonchev–Trinajstić information content (AvgIpc) is 2.95. The van der Waals surface area contributed by atoms with Gasteiger partial charge in [-0.2, -0.15) is 0 Å². The van der Waals surface area contributed by atoms with Crippen LogP contribution in [0.4, 0.5) is 16.2 Å². The number of carbonyl (C=O) groups excluding carboxylic acids is 2. The summed E-state index contributed by atoms with van der Waals surface area (Å²) in [6.45, 7) is 0.959. The second kappa shape index (κ2) is 7.44. The molecule has 0 spiro atoms.